The fourth-order valence-electron chi connectivity index (χ4n) is 11.0. The molecule has 0 aliphatic carbocycles. The zero-order valence-corrected chi connectivity index (χ0v) is 56.6. The van der Waals surface area contributed by atoms with Gasteiger partial charge in [-0.05, 0) is 70.6 Å². The van der Waals surface area contributed by atoms with Crippen LogP contribution in [0.15, 0.2) is 36.5 Å². The quantitative estimate of drug-likeness (QED) is 0.0211. The molecule has 84 heavy (non-hydrogen) atoms. The Morgan fingerprint density at radius 3 is 0.952 bits per heavy atom. The summed E-state index contributed by atoms with van der Waals surface area (Å²) in [6, 6.07) is 0. The van der Waals surface area contributed by atoms with E-state index in [1.165, 1.54) is 295 Å². The molecule has 0 saturated heterocycles. The Balaban J connectivity index is 3.92. The molecule has 0 fully saturated rings. The van der Waals surface area contributed by atoms with Gasteiger partial charge in [0.2, 0.25) is 0 Å². The molecule has 2 atom stereocenters. The lowest BCUT2D eigenvalue weighted by Crippen LogP contribution is -2.40. The van der Waals surface area contributed by atoms with Crippen LogP contribution in [0.4, 0.5) is 0 Å². The molecule has 2 unspecified atom stereocenters. The minimum Gasteiger partial charge on any atom is -0.477 e. The molecule has 9 heteroatoms. The first kappa shape index (κ1) is 81.5. The van der Waals surface area contributed by atoms with Crippen molar-refractivity contribution >= 4 is 17.9 Å². The van der Waals surface area contributed by atoms with Crippen molar-refractivity contribution in [3.63, 3.8) is 0 Å². The Hall–Kier alpha value is -2.49. The van der Waals surface area contributed by atoms with Crippen LogP contribution >= 0.6 is 0 Å². The maximum Gasteiger partial charge on any atom is 0.361 e. The van der Waals surface area contributed by atoms with E-state index in [-0.39, 0.29) is 38.2 Å². The lowest BCUT2D eigenvalue weighted by atomic mass is 10.0. The predicted molar refractivity (Wildman–Crippen MR) is 360 cm³/mol. The van der Waals surface area contributed by atoms with E-state index in [0.717, 1.165) is 44.9 Å². The smallest absolute Gasteiger partial charge is 0.361 e. The number of esters is 2. The van der Waals surface area contributed by atoms with E-state index in [1.54, 1.807) is 0 Å². The molecule has 0 spiro atoms. The lowest BCUT2D eigenvalue weighted by Gasteiger charge is -2.25. The van der Waals surface area contributed by atoms with Crippen molar-refractivity contribution < 1.29 is 42.9 Å². The van der Waals surface area contributed by atoms with Crippen LogP contribution in [0.1, 0.15) is 367 Å². The second-order valence-corrected chi connectivity index (χ2v) is 26.3. The summed E-state index contributed by atoms with van der Waals surface area (Å²) in [5.41, 5.74) is 0. The van der Waals surface area contributed by atoms with Gasteiger partial charge in [-0.25, -0.2) is 4.79 Å². The molecule has 0 rings (SSSR count). The normalized spacial score (nSPS) is 12.8. The van der Waals surface area contributed by atoms with Gasteiger partial charge >= 0.3 is 17.9 Å². The number of hydrogen-bond donors (Lipinski definition) is 1. The van der Waals surface area contributed by atoms with Crippen LogP contribution < -0.4 is 0 Å². The van der Waals surface area contributed by atoms with Gasteiger partial charge in [0, 0.05) is 12.8 Å². The van der Waals surface area contributed by atoms with E-state index in [4.69, 9.17) is 18.9 Å². The van der Waals surface area contributed by atoms with E-state index >= 15 is 0 Å². The largest absolute Gasteiger partial charge is 0.477 e. The fourth-order valence-corrected chi connectivity index (χ4v) is 11.0. The van der Waals surface area contributed by atoms with Crippen molar-refractivity contribution in [3.8, 4) is 0 Å². The van der Waals surface area contributed by atoms with Gasteiger partial charge < -0.3 is 28.5 Å². The molecule has 0 amide bonds. The summed E-state index contributed by atoms with van der Waals surface area (Å²) in [6.07, 6.45) is 81.5. The summed E-state index contributed by atoms with van der Waals surface area (Å²) in [7, 11) is 5.99. The second-order valence-electron chi connectivity index (χ2n) is 26.3. The van der Waals surface area contributed by atoms with Crippen LogP contribution in [0.25, 0.3) is 0 Å². The van der Waals surface area contributed by atoms with Crippen molar-refractivity contribution in [2.24, 2.45) is 0 Å². The van der Waals surface area contributed by atoms with Crippen LogP contribution in [0.5, 0.6) is 0 Å². The number of rotatable bonds is 69. The van der Waals surface area contributed by atoms with Crippen LogP contribution in [-0.4, -0.2) is 87.4 Å². The van der Waals surface area contributed by atoms with Crippen molar-refractivity contribution in [2.45, 2.75) is 379 Å². The van der Waals surface area contributed by atoms with Gasteiger partial charge in [0.25, 0.3) is 6.29 Å². The number of ether oxygens (including phenoxy) is 4. The molecular formula is C75H142NO8+. The maximum atomic E-state index is 12.9. The van der Waals surface area contributed by atoms with Gasteiger partial charge in [-0.15, -0.1) is 0 Å². The van der Waals surface area contributed by atoms with Crippen molar-refractivity contribution in [1.82, 2.24) is 0 Å². The van der Waals surface area contributed by atoms with Crippen molar-refractivity contribution in [1.29, 1.82) is 0 Å². The summed E-state index contributed by atoms with van der Waals surface area (Å²) < 4.78 is 23.0. The Bertz CT molecular complexity index is 1470. The molecule has 0 aromatic heterocycles. The van der Waals surface area contributed by atoms with E-state index in [2.05, 4.69) is 50.3 Å². The van der Waals surface area contributed by atoms with Crippen LogP contribution in [0, 0.1) is 0 Å². The number of carbonyl (C=O) groups excluding carboxylic acids is 2. The summed E-state index contributed by atoms with van der Waals surface area (Å²) in [4.78, 5) is 37.6. The van der Waals surface area contributed by atoms with Gasteiger partial charge in [0.05, 0.1) is 34.4 Å². The van der Waals surface area contributed by atoms with E-state index < -0.39 is 18.4 Å². The summed E-state index contributed by atoms with van der Waals surface area (Å²) >= 11 is 0. The van der Waals surface area contributed by atoms with E-state index in [9.17, 15) is 19.5 Å². The summed E-state index contributed by atoms with van der Waals surface area (Å²) in [6.45, 7) is 4.92. The summed E-state index contributed by atoms with van der Waals surface area (Å²) in [5, 5.41) is 9.74. The Morgan fingerprint density at radius 1 is 0.357 bits per heavy atom. The topological polar surface area (TPSA) is 108 Å². The highest BCUT2D eigenvalue weighted by molar-refractivity contribution is 5.71. The number of carbonyl (C=O) groups is 3. The number of hydrogen-bond acceptors (Lipinski definition) is 7. The zero-order valence-electron chi connectivity index (χ0n) is 56.6. The predicted octanol–water partition coefficient (Wildman–Crippen LogP) is 22.8. The van der Waals surface area contributed by atoms with Crippen molar-refractivity contribution in [3.05, 3.63) is 36.5 Å². The highest BCUT2D eigenvalue weighted by Gasteiger charge is 2.25. The molecule has 0 aliphatic rings. The third-order valence-electron chi connectivity index (χ3n) is 16.6. The average Bonchev–Trinajstić information content (AvgIpc) is 3.52. The number of carboxylic acids is 1. The standard InChI is InChI=1S/C75H141NO8/c1-6-8-10-12-14-16-18-20-22-24-26-27-28-29-30-31-32-33-34-35-36-37-38-39-40-41-42-43-44-45-46-47-48-50-52-54-56-58-60-62-64-66-73(78)84-71(70-83-75(74(79)80)81-68-67-76(3,4)5)69-82-72(77)65-63-61-59-57-55-53-51-49-25-23-21-19-17-15-13-11-9-7-2/h18,20,23-26,71,75H,6-17,19,21-22,27-70H2,1-5H3/p+1/b20-18-,25-23-,26-24-. The Morgan fingerprint density at radius 2 is 0.643 bits per heavy atom. The van der Waals surface area contributed by atoms with Gasteiger partial charge in [0.1, 0.15) is 13.2 Å². The first-order valence-electron chi connectivity index (χ1n) is 36.7. The molecule has 0 aromatic carbocycles. The number of unbranched alkanes of at least 4 members (excludes halogenated alkanes) is 48. The second kappa shape index (κ2) is 66.5. The molecule has 0 saturated carbocycles. The lowest BCUT2D eigenvalue weighted by molar-refractivity contribution is -0.870. The minimum absolute atomic E-state index is 0.179. The number of nitrogens with zero attached hydrogens (tertiary/aromatic N) is 1. The van der Waals surface area contributed by atoms with Gasteiger partial charge in [0.15, 0.2) is 6.10 Å². The monoisotopic (exact) mass is 1190 g/mol. The molecule has 494 valence electrons. The minimum atomic E-state index is -1.51. The fraction of sp³-hybridized carbons (Fsp3) is 0.880. The zero-order chi connectivity index (χ0) is 61.2. The molecule has 1 N–H and O–H groups in total. The number of likely N-dealkylation sites (N-methyl/N-ethyl adjacent to an activating group) is 1. The number of aliphatic carboxylic acids is 1. The van der Waals surface area contributed by atoms with E-state index in [1.807, 2.05) is 21.1 Å². The third-order valence-corrected chi connectivity index (χ3v) is 16.6. The molecule has 0 aromatic rings. The maximum absolute atomic E-state index is 12.9. The Kier molecular flexibility index (Phi) is 64.5. The molecule has 9 nitrogen and oxygen atoms in total. The third kappa shape index (κ3) is 67.0. The molecular weight excluding hydrogens is 1040 g/mol. The highest BCUT2D eigenvalue weighted by Crippen LogP contribution is 2.19. The SMILES string of the molecule is CCCCCCC/C=C\C/C=C\CCCCCCCCCCCCCCCCCCCCCCCCCCCCCCCC(=O)OC(COC(=O)CCCCCCCCC/C=C\CCCCCCCCC)COC(OCC[N+](C)(C)C)C(=O)O. The number of quaternary nitrogens is 1. The van der Waals surface area contributed by atoms with Crippen LogP contribution in [-0.2, 0) is 33.3 Å². The molecule has 0 bridgehead atoms. The number of carboxylic acid groups (broad SMARTS) is 1. The number of allylic oxidation sites excluding steroid dienone is 6. The van der Waals surface area contributed by atoms with Crippen LogP contribution in [0.3, 0.4) is 0 Å². The average molecular weight is 1190 g/mol. The first-order chi connectivity index (χ1) is 41.1. The van der Waals surface area contributed by atoms with Gasteiger partial charge in [-0.3, -0.25) is 9.59 Å². The highest BCUT2D eigenvalue weighted by atomic mass is 16.7. The Labute approximate surface area is 521 Å². The molecule has 0 aliphatic heterocycles. The van der Waals surface area contributed by atoms with Crippen LogP contribution in [0.2, 0.25) is 0 Å². The summed E-state index contributed by atoms with van der Waals surface area (Å²) in [5.74, 6) is -1.98. The van der Waals surface area contributed by atoms with E-state index in [0.29, 0.717) is 17.4 Å². The molecule has 0 radical (unpaired) electrons. The van der Waals surface area contributed by atoms with Crippen molar-refractivity contribution in [2.75, 3.05) is 47.5 Å². The van der Waals surface area contributed by atoms with Gasteiger partial charge in [-0.1, -0.05) is 320 Å². The van der Waals surface area contributed by atoms with Gasteiger partial charge in [-0.2, -0.15) is 0 Å². The molecule has 0 heterocycles. The first-order valence-corrected chi connectivity index (χ1v) is 36.7.